The lowest BCUT2D eigenvalue weighted by molar-refractivity contribution is 0.296. The highest BCUT2D eigenvalue weighted by Crippen LogP contribution is 2.30. The second-order valence-corrected chi connectivity index (χ2v) is 4.24. The molecule has 1 rings (SSSR count). The maximum atomic E-state index is 6.13. The Morgan fingerprint density at radius 3 is 2.10 bits per heavy atom. The minimum absolute atomic E-state index is 0.0430. The van der Waals surface area contributed by atoms with E-state index in [0.29, 0.717) is 5.25 Å². The van der Waals surface area contributed by atoms with Gasteiger partial charge in [-0.1, -0.05) is 26.2 Å². The van der Waals surface area contributed by atoms with Crippen LogP contribution in [-0.2, 0) is 0 Å². The molecule has 1 unspecified atom stereocenters. The number of nitrogens with two attached hydrogens (primary N) is 1. The van der Waals surface area contributed by atoms with E-state index in [1.54, 1.807) is 0 Å². The first-order valence-electron chi connectivity index (χ1n) is 4.12. The Kier molecular flexibility index (Phi) is 2.64. The van der Waals surface area contributed by atoms with Gasteiger partial charge in [-0.05, 0) is 12.8 Å². The van der Waals surface area contributed by atoms with Crippen LogP contribution in [0.3, 0.4) is 0 Å². The van der Waals surface area contributed by atoms with Crippen molar-refractivity contribution >= 4 is 12.6 Å². The fourth-order valence-corrected chi connectivity index (χ4v) is 1.89. The van der Waals surface area contributed by atoms with E-state index >= 15 is 0 Å². The molecule has 2 heteroatoms. The summed E-state index contributed by atoms with van der Waals surface area (Å²) in [4.78, 5) is 0. The van der Waals surface area contributed by atoms with Crippen LogP contribution in [0, 0.1) is 0 Å². The maximum Gasteiger partial charge on any atom is 0.0269 e. The largest absolute Gasteiger partial charge is 0.324 e. The predicted molar refractivity (Wildman–Crippen MR) is 48.5 cm³/mol. The van der Waals surface area contributed by atoms with E-state index in [2.05, 4.69) is 19.6 Å². The van der Waals surface area contributed by atoms with Crippen LogP contribution in [-0.4, -0.2) is 10.8 Å². The summed E-state index contributed by atoms with van der Waals surface area (Å²) in [7, 11) is 0. The second-order valence-electron chi connectivity index (χ2n) is 3.47. The zero-order valence-corrected chi connectivity index (χ0v) is 7.53. The van der Waals surface area contributed by atoms with Gasteiger partial charge in [0.15, 0.2) is 0 Å². The molecular formula is C8H17NS. The Labute approximate surface area is 68.8 Å². The highest BCUT2D eigenvalue weighted by atomic mass is 32.1. The summed E-state index contributed by atoms with van der Waals surface area (Å²) in [5.74, 6) is 0. The molecule has 1 nitrogen and oxygen atoms in total. The van der Waals surface area contributed by atoms with E-state index in [9.17, 15) is 0 Å². The van der Waals surface area contributed by atoms with E-state index < -0.39 is 0 Å². The van der Waals surface area contributed by atoms with E-state index in [-0.39, 0.29) is 5.54 Å². The van der Waals surface area contributed by atoms with Crippen molar-refractivity contribution in [1.29, 1.82) is 0 Å². The van der Waals surface area contributed by atoms with Crippen molar-refractivity contribution in [2.75, 3.05) is 0 Å². The summed E-state index contributed by atoms with van der Waals surface area (Å²) in [5.41, 5.74) is 6.17. The summed E-state index contributed by atoms with van der Waals surface area (Å²) >= 11 is 4.40. The Balaban J connectivity index is 2.48. The second kappa shape index (κ2) is 3.14. The third-order valence-corrected chi connectivity index (χ3v) is 3.13. The monoisotopic (exact) mass is 159 g/mol. The molecular weight excluding hydrogens is 142 g/mol. The van der Waals surface area contributed by atoms with Crippen molar-refractivity contribution in [2.24, 2.45) is 5.73 Å². The minimum Gasteiger partial charge on any atom is -0.324 e. The molecule has 10 heavy (non-hydrogen) atoms. The maximum absolute atomic E-state index is 6.13. The van der Waals surface area contributed by atoms with Crippen LogP contribution >= 0.6 is 12.6 Å². The first-order valence-corrected chi connectivity index (χ1v) is 4.64. The standard InChI is InChI=1S/C8H17NS/c1-7(10)8(9)5-3-2-4-6-8/h7,10H,2-6,9H2,1H3. The van der Waals surface area contributed by atoms with E-state index in [4.69, 9.17) is 5.73 Å². The predicted octanol–water partition coefficient (Wildman–Crippen LogP) is 1.97. The van der Waals surface area contributed by atoms with Crippen LogP contribution in [0.5, 0.6) is 0 Å². The molecule has 1 atom stereocenters. The van der Waals surface area contributed by atoms with Gasteiger partial charge in [-0.3, -0.25) is 0 Å². The van der Waals surface area contributed by atoms with Gasteiger partial charge in [0.2, 0.25) is 0 Å². The first-order chi connectivity index (χ1) is 4.65. The normalized spacial score (nSPS) is 27.9. The molecule has 0 aliphatic heterocycles. The molecule has 0 bridgehead atoms. The number of hydrogen-bond acceptors (Lipinski definition) is 2. The molecule has 1 aliphatic rings. The van der Waals surface area contributed by atoms with Gasteiger partial charge in [-0.15, -0.1) is 0 Å². The van der Waals surface area contributed by atoms with Crippen LogP contribution < -0.4 is 5.73 Å². The van der Waals surface area contributed by atoms with E-state index in [1.165, 1.54) is 19.3 Å². The van der Waals surface area contributed by atoms with Gasteiger partial charge in [0.25, 0.3) is 0 Å². The highest BCUT2D eigenvalue weighted by Gasteiger charge is 2.30. The molecule has 1 fully saturated rings. The van der Waals surface area contributed by atoms with Crippen LogP contribution in [0.2, 0.25) is 0 Å². The average Bonchev–Trinajstić information content (AvgIpc) is 1.89. The van der Waals surface area contributed by atoms with Crippen molar-refractivity contribution in [1.82, 2.24) is 0 Å². The molecule has 0 aromatic carbocycles. The summed E-state index contributed by atoms with van der Waals surface area (Å²) in [5, 5.41) is 0.354. The van der Waals surface area contributed by atoms with Gasteiger partial charge in [-0.25, -0.2) is 0 Å². The van der Waals surface area contributed by atoms with Crippen molar-refractivity contribution in [3.8, 4) is 0 Å². The van der Waals surface area contributed by atoms with Gasteiger partial charge in [0.1, 0.15) is 0 Å². The Hall–Kier alpha value is 0.310. The van der Waals surface area contributed by atoms with E-state index in [0.717, 1.165) is 12.8 Å². The molecule has 0 amide bonds. The lowest BCUT2D eigenvalue weighted by Crippen LogP contribution is -2.48. The summed E-state index contributed by atoms with van der Waals surface area (Å²) < 4.78 is 0. The third-order valence-electron chi connectivity index (χ3n) is 2.62. The first kappa shape index (κ1) is 8.41. The number of hydrogen-bond donors (Lipinski definition) is 2. The quantitative estimate of drug-likeness (QED) is 0.562. The number of rotatable bonds is 1. The lowest BCUT2D eigenvalue weighted by atomic mass is 9.80. The molecule has 60 valence electrons. The van der Waals surface area contributed by atoms with Crippen molar-refractivity contribution in [2.45, 2.75) is 49.8 Å². The van der Waals surface area contributed by atoms with Crippen molar-refractivity contribution in [3.63, 3.8) is 0 Å². The lowest BCUT2D eigenvalue weighted by Gasteiger charge is -2.36. The zero-order chi connectivity index (χ0) is 7.61. The molecule has 0 heterocycles. The summed E-state index contributed by atoms with van der Waals surface area (Å²) in [6.45, 7) is 2.11. The SMILES string of the molecule is CC(S)C1(N)CCCCC1. The van der Waals surface area contributed by atoms with Crippen LogP contribution in [0.4, 0.5) is 0 Å². The molecule has 2 N–H and O–H groups in total. The summed E-state index contributed by atoms with van der Waals surface area (Å²) in [6, 6.07) is 0. The topological polar surface area (TPSA) is 26.0 Å². The molecule has 0 spiro atoms. The number of thiol groups is 1. The fourth-order valence-electron chi connectivity index (χ4n) is 1.63. The Morgan fingerprint density at radius 1 is 1.30 bits per heavy atom. The molecule has 0 aromatic rings. The van der Waals surface area contributed by atoms with Gasteiger partial charge in [0, 0.05) is 10.8 Å². The van der Waals surface area contributed by atoms with Crippen molar-refractivity contribution in [3.05, 3.63) is 0 Å². The molecule has 0 aromatic heterocycles. The summed E-state index contributed by atoms with van der Waals surface area (Å²) in [6.07, 6.45) is 6.28. The van der Waals surface area contributed by atoms with E-state index in [1.807, 2.05) is 0 Å². The molecule has 0 saturated heterocycles. The average molecular weight is 159 g/mol. The fraction of sp³-hybridized carbons (Fsp3) is 1.00. The van der Waals surface area contributed by atoms with Gasteiger partial charge in [0.05, 0.1) is 0 Å². The van der Waals surface area contributed by atoms with Gasteiger partial charge >= 0.3 is 0 Å². The smallest absolute Gasteiger partial charge is 0.0269 e. The molecule has 0 radical (unpaired) electrons. The van der Waals surface area contributed by atoms with Crippen LogP contribution in [0.1, 0.15) is 39.0 Å². The van der Waals surface area contributed by atoms with Crippen LogP contribution in [0.25, 0.3) is 0 Å². The Bertz CT molecular complexity index is 106. The minimum atomic E-state index is 0.0430. The molecule has 1 aliphatic carbocycles. The Morgan fingerprint density at radius 2 is 1.80 bits per heavy atom. The van der Waals surface area contributed by atoms with Crippen LogP contribution in [0.15, 0.2) is 0 Å². The zero-order valence-electron chi connectivity index (χ0n) is 6.64. The third kappa shape index (κ3) is 1.67. The van der Waals surface area contributed by atoms with Gasteiger partial charge < -0.3 is 5.73 Å². The molecule has 1 saturated carbocycles. The highest BCUT2D eigenvalue weighted by molar-refractivity contribution is 7.81. The van der Waals surface area contributed by atoms with Gasteiger partial charge in [-0.2, -0.15) is 12.6 Å². The van der Waals surface area contributed by atoms with Crippen molar-refractivity contribution < 1.29 is 0 Å².